The Kier molecular flexibility index (Phi) is 5.45. The first kappa shape index (κ1) is 14.9. The molecular formula is C17H19ClO2. The molecule has 2 aromatic carbocycles. The second-order valence-electron chi connectivity index (χ2n) is 4.76. The van der Waals surface area contributed by atoms with E-state index in [1.54, 1.807) is 0 Å². The van der Waals surface area contributed by atoms with E-state index in [9.17, 15) is 5.11 Å². The molecule has 0 heterocycles. The third kappa shape index (κ3) is 4.26. The predicted octanol–water partition coefficient (Wildman–Crippen LogP) is 4.40. The minimum Gasteiger partial charge on any atom is -0.494 e. The molecule has 0 radical (unpaired) electrons. The summed E-state index contributed by atoms with van der Waals surface area (Å²) in [6.07, 6.45) is 1.05. The zero-order valence-corrected chi connectivity index (χ0v) is 12.3. The highest BCUT2D eigenvalue weighted by atomic mass is 35.5. The van der Waals surface area contributed by atoms with Crippen LogP contribution >= 0.6 is 11.6 Å². The molecule has 0 spiro atoms. The van der Waals surface area contributed by atoms with Crippen LogP contribution in [0, 0.1) is 0 Å². The van der Waals surface area contributed by atoms with Gasteiger partial charge in [-0.25, -0.2) is 0 Å². The lowest BCUT2D eigenvalue weighted by atomic mass is 10.0. The minimum absolute atomic E-state index is 0.517. The van der Waals surface area contributed by atoms with Crippen molar-refractivity contribution in [2.45, 2.75) is 25.9 Å². The molecule has 20 heavy (non-hydrogen) atoms. The lowest BCUT2D eigenvalue weighted by Gasteiger charge is -2.12. The van der Waals surface area contributed by atoms with Gasteiger partial charge in [0.15, 0.2) is 0 Å². The van der Waals surface area contributed by atoms with Crippen molar-refractivity contribution in [3.05, 3.63) is 64.7 Å². The van der Waals surface area contributed by atoms with E-state index in [4.69, 9.17) is 16.3 Å². The van der Waals surface area contributed by atoms with E-state index in [0.29, 0.717) is 18.1 Å². The lowest BCUT2D eigenvalue weighted by Crippen LogP contribution is -2.02. The molecule has 0 aliphatic heterocycles. The topological polar surface area (TPSA) is 29.5 Å². The highest BCUT2D eigenvalue weighted by Crippen LogP contribution is 2.22. The fourth-order valence-electron chi connectivity index (χ4n) is 1.97. The maximum absolute atomic E-state index is 10.2. The van der Waals surface area contributed by atoms with Crippen molar-refractivity contribution in [3.63, 3.8) is 0 Å². The first-order valence-corrected chi connectivity index (χ1v) is 7.22. The van der Waals surface area contributed by atoms with Crippen LogP contribution in [0.5, 0.6) is 5.75 Å². The summed E-state index contributed by atoms with van der Waals surface area (Å²) in [5.74, 6) is 0.842. The standard InChI is InChI=1S/C17H19ClO2/c1-2-11-20-16-9-5-14(6-10-16)17(19)12-13-3-7-15(18)8-4-13/h3-10,17,19H,2,11-12H2,1H3. The number of aliphatic hydroxyl groups is 1. The molecule has 0 saturated heterocycles. The molecule has 2 nitrogen and oxygen atoms in total. The van der Waals surface area contributed by atoms with Crippen LogP contribution in [0.4, 0.5) is 0 Å². The highest BCUT2D eigenvalue weighted by Gasteiger charge is 2.08. The van der Waals surface area contributed by atoms with Crippen LogP contribution in [0.2, 0.25) is 5.02 Å². The van der Waals surface area contributed by atoms with E-state index in [2.05, 4.69) is 6.92 Å². The molecule has 0 aliphatic rings. The van der Waals surface area contributed by atoms with Crippen LogP contribution in [-0.4, -0.2) is 11.7 Å². The largest absolute Gasteiger partial charge is 0.494 e. The van der Waals surface area contributed by atoms with Crippen molar-refractivity contribution < 1.29 is 9.84 Å². The third-order valence-electron chi connectivity index (χ3n) is 3.08. The average Bonchev–Trinajstić information content (AvgIpc) is 2.48. The van der Waals surface area contributed by atoms with Crippen LogP contribution in [0.25, 0.3) is 0 Å². The van der Waals surface area contributed by atoms with Gasteiger partial charge in [-0.2, -0.15) is 0 Å². The lowest BCUT2D eigenvalue weighted by molar-refractivity contribution is 0.178. The van der Waals surface area contributed by atoms with Gasteiger partial charge in [0.1, 0.15) is 5.75 Å². The molecule has 1 unspecified atom stereocenters. The molecule has 2 rings (SSSR count). The minimum atomic E-state index is -0.517. The Morgan fingerprint density at radius 1 is 1.05 bits per heavy atom. The summed E-state index contributed by atoms with van der Waals surface area (Å²) in [4.78, 5) is 0. The molecule has 0 fully saturated rings. The van der Waals surface area contributed by atoms with Crippen LogP contribution in [0.15, 0.2) is 48.5 Å². The first-order valence-electron chi connectivity index (χ1n) is 6.84. The summed E-state index contributed by atoms with van der Waals surface area (Å²) >= 11 is 5.85. The van der Waals surface area contributed by atoms with Crippen LogP contribution in [0.1, 0.15) is 30.6 Å². The number of hydrogen-bond acceptors (Lipinski definition) is 2. The Balaban J connectivity index is 1.98. The number of hydrogen-bond donors (Lipinski definition) is 1. The van der Waals surface area contributed by atoms with Crippen molar-refractivity contribution >= 4 is 11.6 Å². The van der Waals surface area contributed by atoms with Gasteiger partial charge in [0, 0.05) is 11.4 Å². The summed E-state index contributed by atoms with van der Waals surface area (Å²) in [6, 6.07) is 15.2. The molecule has 2 aromatic rings. The number of aliphatic hydroxyl groups excluding tert-OH is 1. The summed E-state index contributed by atoms with van der Waals surface area (Å²) in [7, 11) is 0. The van der Waals surface area contributed by atoms with Crippen molar-refractivity contribution in [2.24, 2.45) is 0 Å². The molecule has 1 atom stereocenters. The molecule has 106 valence electrons. The number of halogens is 1. The van der Waals surface area contributed by atoms with Gasteiger partial charge in [-0.3, -0.25) is 0 Å². The summed E-state index contributed by atoms with van der Waals surface area (Å²) in [5.41, 5.74) is 1.96. The van der Waals surface area contributed by atoms with Gasteiger partial charge in [-0.05, 0) is 41.8 Å². The number of benzene rings is 2. The van der Waals surface area contributed by atoms with Crippen molar-refractivity contribution in [1.29, 1.82) is 0 Å². The first-order chi connectivity index (χ1) is 9.69. The van der Waals surface area contributed by atoms with Gasteiger partial charge in [0.25, 0.3) is 0 Å². The molecule has 0 bridgehead atoms. The predicted molar refractivity (Wildman–Crippen MR) is 82.3 cm³/mol. The van der Waals surface area contributed by atoms with Crippen molar-refractivity contribution in [1.82, 2.24) is 0 Å². The fraction of sp³-hybridized carbons (Fsp3) is 0.294. The maximum Gasteiger partial charge on any atom is 0.119 e. The van der Waals surface area contributed by atoms with Gasteiger partial charge >= 0.3 is 0 Å². The summed E-state index contributed by atoms with van der Waals surface area (Å²) in [5, 5.41) is 10.9. The molecule has 0 saturated carbocycles. The van der Waals surface area contributed by atoms with Gasteiger partial charge in [-0.15, -0.1) is 0 Å². The van der Waals surface area contributed by atoms with E-state index < -0.39 is 6.10 Å². The van der Waals surface area contributed by atoms with Gasteiger partial charge in [0.2, 0.25) is 0 Å². The van der Waals surface area contributed by atoms with E-state index >= 15 is 0 Å². The van der Waals surface area contributed by atoms with E-state index in [-0.39, 0.29) is 0 Å². The van der Waals surface area contributed by atoms with Gasteiger partial charge < -0.3 is 9.84 Å². The second kappa shape index (κ2) is 7.32. The highest BCUT2D eigenvalue weighted by molar-refractivity contribution is 6.30. The van der Waals surface area contributed by atoms with Gasteiger partial charge in [-0.1, -0.05) is 42.8 Å². The Morgan fingerprint density at radius 3 is 2.30 bits per heavy atom. The molecule has 0 aliphatic carbocycles. The number of rotatable bonds is 6. The zero-order valence-electron chi connectivity index (χ0n) is 11.6. The van der Waals surface area contributed by atoms with E-state index in [1.165, 1.54) is 0 Å². The third-order valence-corrected chi connectivity index (χ3v) is 3.33. The number of ether oxygens (including phenoxy) is 1. The molecule has 3 heteroatoms. The van der Waals surface area contributed by atoms with Crippen molar-refractivity contribution in [2.75, 3.05) is 6.61 Å². The van der Waals surface area contributed by atoms with Crippen LogP contribution in [0.3, 0.4) is 0 Å². The Hall–Kier alpha value is -1.51. The molecule has 1 N–H and O–H groups in total. The Labute approximate surface area is 125 Å². The zero-order chi connectivity index (χ0) is 14.4. The van der Waals surface area contributed by atoms with Crippen LogP contribution < -0.4 is 4.74 Å². The monoisotopic (exact) mass is 290 g/mol. The summed E-state index contributed by atoms with van der Waals surface area (Å²) < 4.78 is 5.53. The van der Waals surface area contributed by atoms with Gasteiger partial charge in [0.05, 0.1) is 12.7 Å². The fourth-order valence-corrected chi connectivity index (χ4v) is 2.09. The Morgan fingerprint density at radius 2 is 1.70 bits per heavy atom. The summed E-state index contributed by atoms with van der Waals surface area (Å²) in [6.45, 7) is 2.79. The maximum atomic E-state index is 10.2. The van der Waals surface area contributed by atoms with Crippen molar-refractivity contribution in [3.8, 4) is 5.75 Å². The average molecular weight is 291 g/mol. The second-order valence-corrected chi connectivity index (χ2v) is 5.20. The molecule has 0 aromatic heterocycles. The van der Waals surface area contributed by atoms with Crippen LogP contribution in [-0.2, 0) is 6.42 Å². The SMILES string of the molecule is CCCOc1ccc(C(O)Cc2ccc(Cl)cc2)cc1. The normalized spacial score (nSPS) is 12.2. The molecule has 0 amide bonds. The smallest absolute Gasteiger partial charge is 0.119 e. The van der Waals surface area contributed by atoms with E-state index in [0.717, 1.165) is 23.3 Å². The van der Waals surface area contributed by atoms with E-state index in [1.807, 2.05) is 48.5 Å². The Bertz CT molecular complexity index is 520. The molecular weight excluding hydrogens is 272 g/mol. The quantitative estimate of drug-likeness (QED) is 0.854.